The Balaban J connectivity index is 1.72. The monoisotopic (exact) mass is 273 g/mol. The van der Waals surface area contributed by atoms with Gasteiger partial charge in [-0.15, -0.1) is 0 Å². The molecule has 3 rings (SSSR count). The minimum Gasteiger partial charge on any atom is -0.385 e. The first kappa shape index (κ1) is 13.4. The van der Waals surface area contributed by atoms with Crippen LogP contribution in [-0.2, 0) is 4.79 Å². The van der Waals surface area contributed by atoms with Crippen molar-refractivity contribution in [1.29, 1.82) is 0 Å². The van der Waals surface area contributed by atoms with Crippen molar-refractivity contribution in [3.8, 4) is 0 Å². The van der Waals surface area contributed by atoms with E-state index in [0.717, 1.165) is 51.4 Å². The minimum atomic E-state index is 0.0422. The smallest absolute Gasteiger partial charge is 0.230 e. The molecule has 0 radical (unpaired) electrons. The normalized spacial score (nSPS) is 23.1. The van der Waals surface area contributed by atoms with Crippen LogP contribution in [0.5, 0.6) is 0 Å². The van der Waals surface area contributed by atoms with Gasteiger partial charge in [0.05, 0.1) is 5.92 Å². The van der Waals surface area contributed by atoms with Crippen LogP contribution in [0, 0.1) is 0 Å². The van der Waals surface area contributed by atoms with Crippen molar-refractivity contribution in [2.24, 2.45) is 0 Å². The van der Waals surface area contributed by atoms with Crippen LogP contribution in [0.3, 0.4) is 0 Å². The largest absolute Gasteiger partial charge is 0.385 e. The number of carbonyl (C=O) groups is 1. The van der Waals surface area contributed by atoms with Crippen molar-refractivity contribution in [1.82, 2.24) is 9.80 Å². The van der Waals surface area contributed by atoms with Crippen LogP contribution < -0.4 is 5.32 Å². The molecule has 1 aromatic carbocycles. The maximum Gasteiger partial charge on any atom is 0.230 e. The molecule has 0 bridgehead atoms. The van der Waals surface area contributed by atoms with E-state index in [0.29, 0.717) is 5.91 Å². The number of amides is 1. The predicted molar refractivity (Wildman–Crippen MR) is 81.0 cm³/mol. The number of rotatable bonds is 2. The first-order valence-corrected chi connectivity index (χ1v) is 7.63. The molecule has 108 valence electrons. The number of benzene rings is 1. The molecule has 1 atom stereocenters. The molecule has 2 heterocycles. The molecular weight excluding hydrogens is 250 g/mol. The summed E-state index contributed by atoms with van der Waals surface area (Å²) >= 11 is 0. The second-order valence-corrected chi connectivity index (χ2v) is 5.61. The molecule has 1 amide bonds. The van der Waals surface area contributed by atoms with Crippen molar-refractivity contribution >= 4 is 11.6 Å². The zero-order valence-corrected chi connectivity index (χ0v) is 12.1. The van der Waals surface area contributed by atoms with E-state index >= 15 is 0 Å². The number of para-hydroxylation sites is 1. The molecule has 1 aromatic rings. The van der Waals surface area contributed by atoms with Crippen LogP contribution in [0.2, 0.25) is 0 Å². The zero-order valence-electron chi connectivity index (χ0n) is 12.1. The van der Waals surface area contributed by atoms with Gasteiger partial charge >= 0.3 is 0 Å². The van der Waals surface area contributed by atoms with Gasteiger partial charge in [0.25, 0.3) is 0 Å². The van der Waals surface area contributed by atoms with Crippen LogP contribution in [-0.4, -0.2) is 55.0 Å². The van der Waals surface area contributed by atoms with Gasteiger partial charge in [-0.2, -0.15) is 0 Å². The average Bonchev–Trinajstić information content (AvgIpc) is 2.54. The van der Waals surface area contributed by atoms with Gasteiger partial charge in [-0.1, -0.05) is 25.1 Å². The second-order valence-electron chi connectivity index (χ2n) is 5.61. The van der Waals surface area contributed by atoms with E-state index < -0.39 is 0 Å². The number of hydrogen-bond donors (Lipinski definition) is 1. The highest BCUT2D eigenvalue weighted by Gasteiger charge is 2.31. The molecule has 2 aliphatic heterocycles. The number of anilines is 1. The summed E-state index contributed by atoms with van der Waals surface area (Å²) in [6.07, 6.45) is 0.907. The molecule has 0 spiro atoms. The Morgan fingerprint density at radius 1 is 1.25 bits per heavy atom. The lowest BCUT2D eigenvalue weighted by Crippen LogP contribution is -2.50. The van der Waals surface area contributed by atoms with E-state index in [4.69, 9.17) is 0 Å². The van der Waals surface area contributed by atoms with E-state index in [1.54, 1.807) is 0 Å². The lowest BCUT2D eigenvalue weighted by Gasteiger charge is -2.37. The Labute approximate surface area is 120 Å². The molecule has 1 unspecified atom stereocenters. The second kappa shape index (κ2) is 5.83. The zero-order chi connectivity index (χ0) is 13.9. The minimum absolute atomic E-state index is 0.0422. The Hall–Kier alpha value is -1.55. The topological polar surface area (TPSA) is 35.6 Å². The summed E-state index contributed by atoms with van der Waals surface area (Å²) in [6.45, 7) is 7.92. The molecule has 2 aliphatic rings. The SMILES string of the molecule is CCN1CCN(C(=O)C2CCNc3ccccc32)CC1. The van der Waals surface area contributed by atoms with Gasteiger partial charge < -0.3 is 15.1 Å². The van der Waals surface area contributed by atoms with Gasteiger partial charge in [-0.25, -0.2) is 0 Å². The molecule has 0 aromatic heterocycles. The molecule has 1 fully saturated rings. The number of nitrogens with zero attached hydrogens (tertiary/aromatic N) is 2. The predicted octanol–water partition coefficient (Wildman–Crippen LogP) is 1.75. The maximum atomic E-state index is 12.8. The average molecular weight is 273 g/mol. The lowest BCUT2D eigenvalue weighted by atomic mass is 9.89. The van der Waals surface area contributed by atoms with E-state index in [-0.39, 0.29) is 5.92 Å². The number of hydrogen-bond acceptors (Lipinski definition) is 3. The van der Waals surface area contributed by atoms with Crippen LogP contribution in [0.25, 0.3) is 0 Å². The van der Waals surface area contributed by atoms with Gasteiger partial charge in [0, 0.05) is 38.4 Å². The van der Waals surface area contributed by atoms with Gasteiger partial charge in [0.15, 0.2) is 0 Å². The fourth-order valence-electron chi connectivity index (χ4n) is 3.23. The highest BCUT2D eigenvalue weighted by molar-refractivity contribution is 5.86. The van der Waals surface area contributed by atoms with Gasteiger partial charge in [0.1, 0.15) is 0 Å². The van der Waals surface area contributed by atoms with Crippen molar-refractivity contribution in [2.75, 3.05) is 44.6 Å². The third-order valence-corrected chi connectivity index (χ3v) is 4.51. The van der Waals surface area contributed by atoms with E-state index in [9.17, 15) is 4.79 Å². The van der Waals surface area contributed by atoms with Gasteiger partial charge in [0.2, 0.25) is 5.91 Å². The molecule has 20 heavy (non-hydrogen) atoms. The molecule has 1 saturated heterocycles. The molecule has 4 nitrogen and oxygen atoms in total. The van der Waals surface area contributed by atoms with Crippen molar-refractivity contribution in [2.45, 2.75) is 19.3 Å². The summed E-state index contributed by atoms with van der Waals surface area (Å²) in [6, 6.07) is 8.22. The fraction of sp³-hybridized carbons (Fsp3) is 0.562. The number of nitrogens with one attached hydrogen (secondary N) is 1. The van der Waals surface area contributed by atoms with E-state index in [1.165, 1.54) is 5.56 Å². The summed E-state index contributed by atoms with van der Waals surface area (Å²) < 4.78 is 0. The third kappa shape index (κ3) is 2.52. The Morgan fingerprint density at radius 2 is 2.00 bits per heavy atom. The summed E-state index contributed by atoms with van der Waals surface area (Å²) in [5.74, 6) is 0.357. The highest BCUT2D eigenvalue weighted by Crippen LogP contribution is 2.32. The van der Waals surface area contributed by atoms with Crippen LogP contribution in [0.4, 0.5) is 5.69 Å². The van der Waals surface area contributed by atoms with Crippen molar-refractivity contribution in [3.05, 3.63) is 29.8 Å². The number of carbonyl (C=O) groups excluding carboxylic acids is 1. The van der Waals surface area contributed by atoms with Crippen LogP contribution >= 0.6 is 0 Å². The third-order valence-electron chi connectivity index (χ3n) is 4.51. The number of fused-ring (bicyclic) bond motifs is 1. The quantitative estimate of drug-likeness (QED) is 0.891. The van der Waals surface area contributed by atoms with Gasteiger partial charge in [-0.3, -0.25) is 4.79 Å². The molecule has 0 saturated carbocycles. The van der Waals surface area contributed by atoms with Crippen molar-refractivity contribution in [3.63, 3.8) is 0 Å². The molecule has 1 N–H and O–H groups in total. The molecular formula is C16H23N3O. The Morgan fingerprint density at radius 3 is 2.75 bits per heavy atom. The standard InChI is InChI=1S/C16H23N3O/c1-2-18-9-11-19(12-10-18)16(20)14-7-8-17-15-6-4-3-5-13(14)15/h3-6,14,17H,2,7-12H2,1H3. The van der Waals surface area contributed by atoms with Crippen molar-refractivity contribution < 1.29 is 4.79 Å². The van der Waals surface area contributed by atoms with Crippen LogP contribution in [0.15, 0.2) is 24.3 Å². The van der Waals surface area contributed by atoms with Gasteiger partial charge in [-0.05, 0) is 24.6 Å². The maximum absolute atomic E-state index is 12.8. The first-order chi connectivity index (χ1) is 9.79. The number of piperazine rings is 1. The Kier molecular flexibility index (Phi) is 3.92. The summed E-state index contributed by atoms with van der Waals surface area (Å²) in [4.78, 5) is 17.2. The van der Waals surface area contributed by atoms with E-state index in [1.807, 2.05) is 12.1 Å². The molecule has 4 heteroatoms. The summed E-state index contributed by atoms with van der Waals surface area (Å²) in [5, 5.41) is 3.39. The van der Waals surface area contributed by atoms with Crippen LogP contribution in [0.1, 0.15) is 24.8 Å². The number of likely N-dealkylation sites (N-methyl/N-ethyl adjacent to an activating group) is 1. The molecule has 0 aliphatic carbocycles. The van der Waals surface area contributed by atoms with E-state index in [2.05, 4.69) is 34.2 Å². The Bertz CT molecular complexity index is 480. The summed E-state index contributed by atoms with van der Waals surface area (Å²) in [7, 11) is 0. The fourth-order valence-corrected chi connectivity index (χ4v) is 3.23. The summed E-state index contributed by atoms with van der Waals surface area (Å²) in [5.41, 5.74) is 2.30. The lowest BCUT2D eigenvalue weighted by molar-refractivity contribution is -0.134. The first-order valence-electron chi connectivity index (χ1n) is 7.63. The highest BCUT2D eigenvalue weighted by atomic mass is 16.2.